The van der Waals surface area contributed by atoms with Crippen LogP contribution in [-0.2, 0) is 4.79 Å². The maximum Gasteiger partial charge on any atom is 0.262 e. The predicted molar refractivity (Wildman–Crippen MR) is 77.7 cm³/mol. The van der Waals surface area contributed by atoms with Gasteiger partial charge >= 0.3 is 0 Å². The lowest BCUT2D eigenvalue weighted by molar-refractivity contribution is -0.118. The fourth-order valence-electron chi connectivity index (χ4n) is 1.83. The molecule has 2 aromatic rings. The van der Waals surface area contributed by atoms with E-state index in [0.717, 1.165) is 0 Å². The van der Waals surface area contributed by atoms with Gasteiger partial charge in [0.25, 0.3) is 5.91 Å². The standard InChI is InChI=1S/C14H11N3O3S/c18-11(8-21-14-15-4-1-5-16-14)9-2-3-12-10(6-9)17-13(19)7-20-12/h1-6H,7-8H2,(H,17,19). The summed E-state index contributed by atoms with van der Waals surface area (Å²) in [4.78, 5) is 31.5. The van der Waals surface area contributed by atoms with Crippen molar-refractivity contribution in [3.8, 4) is 5.75 Å². The van der Waals surface area contributed by atoms with Gasteiger partial charge in [0.1, 0.15) is 5.75 Å². The maximum absolute atomic E-state index is 12.2. The second kappa shape index (κ2) is 5.92. The third kappa shape index (κ3) is 3.19. The molecule has 6 nitrogen and oxygen atoms in total. The molecule has 3 rings (SSSR count). The number of nitrogens with one attached hydrogen (secondary N) is 1. The van der Waals surface area contributed by atoms with Gasteiger partial charge in [0, 0.05) is 18.0 Å². The Morgan fingerprint density at radius 3 is 2.95 bits per heavy atom. The van der Waals surface area contributed by atoms with Gasteiger partial charge in [-0.2, -0.15) is 0 Å². The molecule has 7 heteroatoms. The molecule has 1 amide bonds. The smallest absolute Gasteiger partial charge is 0.262 e. The van der Waals surface area contributed by atoms with Crippen molar-refractivity contribution in [2.45, 2.75) is 5.16 Å². The molecule has 0 spiro atoms. The number of hydrogen-bond donors (Lipinski definition) is 1. The third-order valence-electron chi connectivity index (χ3n) is 2.81. The lowest BCUT2D eigenvalue weighted by atomic mass is 10.1. The van der Waals surface area contributed by atoms with E-state index < -0.39 is 0 Å². The van der Waals surface area contributed by atoms with Gasteiger partial charge in [-0.1, -0.05) is 11.8 Å². The van der Waals surface area contributed by atoms with E-state index in [0.29, 0.717) is 22.2 Å². The van der Waals surface area contributed by atoms with E-state index in [1.807, 2.05) is 0 Å². The molecule has 0 saturated heterocycles. The van der Waals surface area contributed by atoms with Crippen LogP contribution < -0.4 is 10.1 Å². The predicted octanol–water partition coefficient (Wildman–Crippen LogP) is 1.78. The minimum Gasteiger partial charge on any atom is -0.482 e. The zero-order chi connectivity index (χ0) is 14.7. The first kappa shape index (κ1) is 13.6. The molecule has 1 aliphatic heterocycles. The first-order chi connectivity index (χ1) is 10.2. The van der Waals surface area contributed by atoms with Crippen LogP contribution in [0.2, 0.25) is 0 Å². The number of hydrogen-bond acceptors (Lipinski definition) is 6. The van der Waals surface area contributed by atoms with Crippen LogP contribution in [0.25, 0.3) is 0 Å². The number of benzene rings is 1. The van der Waals surface area contributed by atoms with Crippen LogP contribution in [0.1, 0.15) is 10.4 Å². The van der Waals surface area contributed by atoms with Crippen LogP contribution in [0.15, 0.2) is 41.8 Å². The van der Waals surface area contributed by atoms with E-state index in [-0.39, 0.29) is 24.1 Å². The zero-order valence-corrected chi connectivity index (χ0v) is 11.7. The number of thioether (sulfide) groups is 1. The highest BCUT2D eigenvalue weighted by molar-refractivity contribution is 7.99. The Morgan fingerprint density at radius 1 is 1.33 bits per heavy atom. The fraction of sp³-hybridized carbons (Fsp3) is 0.143. The molecule has 1 aromatic heterocycles. The van der Waals surface area contributed by atoms with Crippen LogP contribution in [0.5, 0.6) is 5.75 Å². The number of Topliss-reactive ketones (excluding diaryl/α,β-unsaturated/α-hetero) is 1. The van der Waals surface area contributed by atoms with Crippen molar-refractivity contribution in [2.75, 3.05) is 17.7 Å². The number of carbonyl (C=O) groups excluding carboxylic acids is 2. The number of aromatic nitrogens is 2. The maximum atomic E-state index is 12.2. The largest absolute Gasteiger partial charge is 0.482 e. The minimum atomic E-state index is -0.223. The SMILES string of the molecule is O=C1COc2ccc(C(=O)CSc3ncccn3)cc2N1. The Labute approximate surface area is 124 Å². The van der Waals surface area contributed by atoms with Crippen LogP contribution >= 0.6 is 11.8 Å². The van der Waals surface area contributed by atoms with E-state index in [4.69, 9.17) is 4.74 Å². The topological polar surface area (TPSA) is 81.2 Å². The van der Waals surface area contributed by atoms with Crippen molar-refractivity contribution < 1.29 is 14.3 Å². The first-order valence-corrected chi connectivity index (χ1v) is 7.20. The van der Waals surface area contributed by atoms with Gasteiger partial charge in [-0.25, -0.2) is 9.97 Å². The molecule has 21 heavy (non-hydrogen) atoms. The first-order valence-electron chi connectivity index (χ1n) is 6.22. The van der Waals surface area contributed by atoms with E-state index in [1.54, 1.807) is 36.7 Å². The Kier molecular flexibility index (Phi) is 3.83. The van der Waals surface area contributed by atoms with Crippen molar-refractivity contribution in [3.05, 3.63) is 42.2 Å². The van der Waals surface area contributed by atoms with Gasteiger partial charge < -0.3 is 10.1 Å². The van der Waals surface area contributed by atoms with Gasteiger partial charge in [0.05, 0.1) is 11.4 Å². The van der Waals surface area contributed by atoms with Crippen molar-refractivity contribution in [3.63, 3.8) is 0 Å². The van der Waals surface area contributed by atoms with Crippen molar-refractivity contribution in [2.24, 2.45) is 0 Å². The van der Waals surface area contributed by atoms with Gasteiger partial charge in [0.2, 0.25) is 0 Å². The molecule has 0 radical (unpaired) electrons. The lowest BCUT2D eigenvalue weighted by Gasteiger charge is -2.18. The highest BCUT2D eigenvalue weighted by atomic mass is 32.2. The fourth-order valence-corrected chi connectivity index (χ4v) is 2.53. The number of anilines is 1. The summed E-state index contributed by atoms with van der Waals surface area (Å²) in [7, 11) is 0. The highest BCUT2D eigenvalue weighted by Gasteiger charge is 2.18. The Morgan fingerprint density at radius 2 is 2.14 bits per heavy atom. The number of carbonyl (C=O) groups is 2. The highest BCUT2D eigenvalue weighted by Crippen LogP contribution is 2.29. The minimum absolute atomic E-state index is 0.00148. The summed E-state index contributed by atoms with van der Waals surface area (Å²) in [5.41, 5.74) is 1.04. The molecule has 1 aromatic carbocycles. The van der Waals surface area contributed by atoms with Crippen LogP contribution in [-0.4, -0.2) is 34.0 Å². The summed E-state index contributed by atoms with van der Waals surface area (Å²) in [6, 6.07) is 6.72. The number of ketones is 1. The number of nitrogens with zero attached hydrogens (tertiary/aromatic N) is 2. The van der Waals surface area contributed by atoms with Crippen molar-refractivity contribution in [1.29, 1.82) is 0 Å². The van der Waals surface area contributed by atoms with Crippen molar-refractivity contribution in [1.82, 2.24) is 9.97 Å². The van der Waals surface area contributed by atoms with E-state index >= 15 is 0 Å². The number of amides is 1. The van der Waals surface area contributed by atoms with E-state index in [9.17, 15) is 9.59 Å². The van der Waals surface area contributed by atoms with Gasteiger partial charge in [-0.3, -0.25) is 9.59 Å². The summed E-state index contributed by atoms with van der Waals surface area (Å²) >= 11 is 1.27. The molecule has 1 N–H and O–H groups in total. The van der Waals surface area contributed by atoms with Crippen LogP contribution in [0.3, 0.4) is 0 Å². The van der Waals surface area contributed by atoms with Crippen LogP contribution in [0, 0.1) is 0 Å². The number of rotatable bonds is 4. The number of ether oxygens (including phenoxy) is 1. The molecule has 0 unspecified atom stereocenters. The summed E-state index contributed by atoms with van der Waals surface area (Å²) in [5.74, 6) is 0.525. The quantitative estimate of drug-likeness (QED) is 0.527. The molecule has 0 aliphatic carbocycles. The molecular formula is C14H11N3O3S. The number of fused-ring (bicyclic) bond motifs is 1. The molecule has 106 valence electrons. The Balaban J connectivity index is 1.70. The van der Waals surface area contributed by atoms with E-state index in [2.05, 4.69) is 15.3 Å². The molecule has 0 fully saturated rings. The molecule has 2 heterocycles. The normalized spacial score (nSPS) is 13.0. The molecular weight excluding hydrogens is 290 g/mol. The molecule has 0 bridgehead atoms. The molecule has 0 saturated carbocycles. The van der Waals surface area contributed by atoms with Gasteiger partial charge in [0.15, 0.2) is 17.5 Å². The Hall–Kier alpha value is -2.41. The van der Waals surface area contributed by atoms with Crippen molar-refractivity contribution >= 4 is 29.1 Å². The average Bonchev–Trinajstić information content (AvgIpc) is 2.53. The lowest BCUT2D eigenvalue weighted by Crippen LogP contribution is -2.25. The zero-order valence-electron chi connectivity index (χ0n) is 10.9. The summed E-state index contributed by atoms with van der Waals surface area (Å²) in [6.45, 7) is 0.00148. The second-order valence-corrected chi connectivity index (χ2v) is 5.23. The molecule has 0 atom stereocenters. The summed E-state index contributed by atoms with van der Waals surface area (Å²) in [6.07, 6.45) is 3.26. The van der Waals surface area contributed by atoms with Gasteiger partial charge in [-0.05, 0) is 24.3 Å². The average molecular weight is 301 g/mol. The van der Waals surface area contributed by atoms with Crippen LogP contribution in [0.4, 0.5) is 5.69 Å². The Bertz CT molecular complexity index is 691. The third-order valence-corrected chi connectivity index (χ3v) is 3.68. The van der Waals surface area contributed by atoms with E-state index in [1.165, 1.54) is 11.8 Å². The monoisotopic (exact) mass is 301 g/mol. The van der Waals surface area contributed by atoms with Gasteiger partial charge in [-0.15, -0.1) is 0 Å². The summed E-state index contributed by atoms with van der Waals surface area (Å²) < 4.78 is 5.25. The summed E-state index contributed by atoms with van der Waals surface area (Å²) in [5, 5.41) is 3.24. The second-order valence-electron chi connectivity index (χ2n) is 4.29. The molecule has 1 aliphatic rings.